The molecule has 0 radical (unpaired) electrons. The summed E-state index contributed by atoms with van der Waals surface area (Å²) in [6.45, 7) is 9.92. The van der Waals surface area contributed by atoms with E-state index in [2.05, 4.69) is 43.9 Å². The van der Waals surface area contributed by atoms with E-state index >= 15 is 0 Å². The monoisotopic (exact) mass is 452 g/mol. The molecule has 4 rings (SSSR count). The molecule has 32 heavy (non-hydrogen) atoms. The number of aryl methyl sites for hydroxylation is 1. The van der Waals surface area contributed by atoms with Crippen LogP contribution < -0.4 is 10.6 Å². The second-order valence-corrected chi connectivity index (χ2v) is 8.95. The van der Waals surface area contributed by atoms with E-state index in [0.29, 0.717) is 11.7 Å². The molecule has 0 fully saturated rings. The van der Waals surface area contributed by atoms with Gasteiger partial charge < -0.3 is 10.6 Å². The molecule has 4 aromatic heterocycles. The quantitative estimate of drug-likeness (QED) is 0.377. The van der Waals surface area contributed by atoms with Crippen molar-refractivity contribution in [3.05, 3.63) is 42.2 Å². The topological polar surface area (TPSA) is 102 Å². The van der Waals surface area contributed by atoms with Gasteiger partial charge in [-0.2, -0.15) is 9.47 Å². The summed E-state index contributed by atoms with van der Waals surface area (Å²) in [6.07, 6.45) is 8.51. The van der Waals surface area contributed by atoms with Crippen molar-refractivity contribution in [3.8, 4) is 11.3 Å². The van der Waals surface area contributed by atoms with Crippen LogP contribution >= 0.6 is 11.5 Å². The van der Waals surface area contributed by atoms with E-state index in [4.69, 9.17) is 0 Å². The molecule has 1 atom stereocenters. The average molecular weight is 453 g/mol. The van der Waals surface area contributed by atoms with Crippen LogP contribution in [0.15, 0.2) is 30.9 Å². The van der Waals surface area contributed by atoms with Crippen LogP contribution in [0.3, 0.4) is 0 Å². The molecule has 2 N–H and O–H groups in total. The standard InChI is InChI=1S/C22H28N8OS/c1-5-14(2)7-23-9-18-6-20(32-28-18)27-21-22-24-10-19(30(22)11-15(3)26-21)17-8-25-29(13-17)12-16(4)31/h6,8,10-11,13-14,23H,5,7,9,12H2,1-4H3,(H,26,27). The first-order chi connectivity index (χ1) is 15.4. The van der Waals surface area contributed by atoms with Crippen LogP contribution in [0.4, 0.5) is 10.8 Å². The highest BCUT2D eigenvalue weighted by atomic mass is 32.1. The molecule has 0 aliphatic rings. The molecule has 0 saturated heterocycles. The predicted molar refractivity (Wildman–Crippen MR) is 126 cm³/mol. The van der Waals surface area contributed by atoms with E-state index in [1.807, 2.05) is 29.8 Å². The van der Waals surface area contributed by atoms with Gasteiger partial charge in [0.1, 0.15) is 5.00 Å². The number of rotatable bonds is 10. The summed E-state index contributed by atoms with van der Waals surface area (Å²) < 4.78 is 8.17. The Morgan fingerprint density at radius 3 is 2.91 bits per heavy atom. The number of Topliss-reactive ketones (excluding diaryl/α,β-unsaturated/α-hetero) is 1. The van der Waals surface area contributed by atoms with Gasteiger partial charge in [-0.15, -0.1) is 0 Å². The molecule has 0 spiro atoms. The summed E-state index contributed by atoms with van der Waals surface area (Å²) in [5.74, 6) is 1.39. The van der Waals surface area contributed by atoms with Crippen LogP contribution in [0.5, 0.6) is 0 Å². The fourth-order valence-corrected chi connectivity index (χ4v) is 4.04. The van der Waals surface area contributed by atoms with Crippen LogP contribution in [0.2, 0.25) is 0 Å². The number of hydrogen-bond acceptors (Lipinski definition) is 8. The van der Waals surface area contributed by atoms with E-state index < -0.39 is 0 Å². The zero-order chi connectivity index (χ0) is 22.7. The van der Waals surface area contributed by atoms with E-state index in [9.17, 15) is 4.79 Å². The Bertz CT molecular complexity index is 1220. The fraction of sp³-hybridized carbons (Fsp3) is 0.409. The first kappa shape index (κ1) is 22.1. The molecule has 1 unspecified atom stereocenters. The zero-order valence-corrected chi connectivity index (χ0v) is 19.6. The Hall–Kier alpha value is -3.11. The number of fused-ring (bicyclic) bond motifs is 1. The maximum Gasteiger partial charge on any atom is 0.180 e. The molecule has 0 amide bonds. The van der Waals surface area contributed by atoms with Gasteiger partial charge >= 0.3 is 0 Å². The first-order valence-electron chi connectivity index (χ1n) is 10.7. The van der Waals surface area contributed by atoms with Crippen LogP contribution in [-0.4, -0.2) is 40.9 Å². The summed E-state index contributed by atoms with van der Waals surface area (Å²) in [6, 6.07) is 2.05. The number of aromatic nitrogens is 6. The Labute approximate surface area is 191 Å². The molecule has 4 heterocycles. The molecule has 0 aliphatic heterocycles. The van der Waals surface area contributed by atoms with Crippen molar-refractivity contribution < 1.29 is 4.79 Å². The van der Waals surface area contributed by atoms with Gasteiger partial charge in [-0.25, -0.2) is 9.97 Å². The lowest BCUT2D eigenvalue weighted by molar-refractivity contribution is -0.117. The van der Waals surface area contributed by atoms with Gasteiger partial charge in [0, 0.05) is 24.5 Å². The molecule has 9 nitrogen and oxygen atoms in total. The molecule has 0 aromatic carbocycles. The Morgan fingerprint density at radius 2 is 2.12 bits per heavy atom. The Kier molecular flexibility index (Phi) is 6.61. The van der Waals surface area contributed by atoms with Crippen molar-refractivity contribution in [2.24, 2.45) is 5.92 Å². The van der Waals surface area contributed by atoms with Gasteiger partial charge in [0.2, 0.25) is 0 Å². The molecular weight excluding hydrogens is 424 g/mol. The van der Waals surface area contributed by atoms with Crippen molar-refractivity contribution in [3.63, 3.8) is 0 Å². The summed E-state index contributed by atoms with van der Waals surface area (Å²) in [4.78, 5) is 20.6. The second-order valence-electron chi connectivity index (χ2n) is 8.15. The van der Waals surface area contributed by atoms with Crippen molar-refractivity contribution in [2.45, 2.75) is 47.2 Å². The normalized spacial score (nSPS) is 12.4. The molecular formula is C22H28N8OS. The maximum absolute atomic E-state index is 11.4. The van der Waals surface area contributed by atoms with Gasteiger partial charge in [0.05, 0.1) is 36.0 Å². The Balaban J connectivity index is 1.54. The van der Waals surface area contributed by atoms with Crippen LogP contribution in [0.25, 0.3) is 16.9 Å². The van der Waals surface area contributed by atoms with Crippen molar-refractivity contribution in [1.29, 1.82) is 0 Å². The highest BCUT2D eigenvalue weighted by Gasteiger charge is 2.15. The van der Waals surface area contributed by atoms with Crippen molar-refractivity contribution >= 4 is 33.8 Å². The van der Waals surface area contributed by atoms with Gasteiger partial charge in [0.25, 0.3) is 0 Å². The smallest absolute Gasteiger partial charge is 0.180 e. The minimum atomic E-state index is 0.0586. The minimum Gasteiger partial charge on any atom is -0.328 e. The molecule has 0 aliphatic carbocycles. The number of anilines is 2. The summed E-state index contributed by atoms with van der Waals surface area (Å²) in [5.41, 5.74) is 4.36. The van der Waals surface area contributed by atoms with E-state index in [1.54, 1.807) is 24.0 Å². The van der Waals surface area contributed by atoms with Gasteiger partial charge in [-0.05, 0) is 43.9 Å². The second kappa shape index (κ2) is 9.58. The molecule has 0 saturated carbocycles. The largest absolute Gasteiger partial charge is 0.328 e. The molecule has 4 aromatic rings. The summed E-state index contributed by atoms with van der Waals surface area (Å²) in [7, 11) is 0. The van der Waals surface area contributed by atoms with Gasteiger partial charge in [0.15, 0.2) is 17.2 Å². The zero-order valence-electron chi connectivity index (χ0n) is 18.8. The van der Waals surface area contributed by atoms with E-state index in [1.165, 1.54) is 11.5 Å². The summed E-state index contributed by atoms with van der Waals surface area (Å²) >= 11 is 1.41. The highest BCUT2D eigenvalue weighted by molar-refractivity contribution is 7.10. The number of carbonyl (C=O) groups is 1. The van der Waals surface area contributed by atoms with Crippen LogP contribution in [-0.2, 0) is 17.9 Å². The molecule has 10 heteroatoms. The fourth-order valence-electron chi connectivity index (χ4n) is 3.38. The Morgan fingerprint density at radius 1 is 1.28 bits per heavy atom. The third kappa shape index (κ3) is 5.03. The minimum absolute atomic E-state index is 0.0586. The number of nitrogens with zero attached hydrogens (tertiary/aromatic N) is 6. The number of imidazole rings is 1. The average Bonchev–Trinajstić information content (AvgIpc) is 3.47. The molecule has 168 valence electrons. The van der Waals surface area contributed by atoms with Gasteiger partial charge in [-0.1, -0.05) is 20.3 Å². The van der Waals surface area contributed by atoms with Crippen LogP contribution in [0.1, 0.15) is 38.6 Å². The summed E-state index contributed by atoms with van der Waals surface area (Å²) in [5, 5.41) is 12.0. The van der Waals surface area contributed by atoms with E-state index in [-0.39, 0.29) is 12.3 Å². The predicted octanol–water partition coefficient (Wildman–Crippen LogP) is 3.83. The van der Waals surface area contributed by atoms with E-state index in [0.717, 1.165) is 52.8 Å². The third-order valence-electron chi connectivity index (χ3n) is 5.22. The lowest BCUT2D eigenvalue weighted by atomic mass is 10.1. The van der Waals surface area contributed by atoms with Gasteiger partial charge in [-0.3, -0.25) is 13.9 Å². The first-order valence-corrected chi connectivity index (χ1v) is 11.5. The lowest BCUT2D eigenvalue weighted by Gasteiger charge is -2.08. The van der Waals surface area contributed by atoms with Crippen molar-refractivity contribution in [2.75, 3.05) is 11.9 Å². The third-order valence-corrected chi connectivity index (χ3v) is 5.97. The van der Waals surface area contributed by atoms with Crippen LogP contribution in [0, 0.1) is 12.8 Å². The lowest BCUT2D eigenvalue weighted by Crippen LogP contribution is -2.20. The van der Waals surface area contributed by atoms with Crippen molar-refractivity contribution in [1.82, 2.24) is 33.8 Å². The number of ketones is 1. The number of hydrogen-bond donors (Lipinski definition) is 2. The SMILES string of the molecule is CCC(C)CNCc1cc(Nc2nc(C)cn3c(-c4cnn(CC(C)=O)c4)cnc23)sn1. The number of nitrogens with one attached hydrogen (secondary N) is 2. The molecule has 0 bridgehead atoms. The number of carbonyl (C=O) groups excluding carboxylic acids is 1. The highest BCUT2D eigenvalue weighted by Crippen LogP contribution is 2.27. The maximum atomic E-state index is 11.4.